The fourth-order valence-corrected chi connectivity index (χ4v) is 2.33. The van der Waals surface area contributed by atoms with Crippen LogP contribution in [0.4, 0.5) is 5.69 Å². The maximum Gasteiger partial charge on any atom is 0.121 e. The Morgan fingerprint density at radius 1 is 1.33 bits per heavy atom. The van der Waals surface area contributed by atoms with E-state index in [0.29, 0.717) is 0 Å². The van der Waals surface area contributed by atoms with E-state index >= 15 is 0 Å². The summed E-state index contributed by atoms with van der Waals surface area (Å²) in [5.41, 5.74) is 2.42. The van der Waals surface area contributed by atoms with E-state index < -0.39 is 0 Å². The van der Waals surface area contributed by atoms with Crippen molar-refractivity contribution >= 4 is 5.69 Å². The molecule has 1 aliphatic rings. The summed E-state index contributed by atoms with van der Waals surface area (Å²) in [4.78, 5) is 4.76. The number of nitrogens with zero attached hydrogens (tertiary/aromatic N) is 2. The van der Waals surface area contributed by atoms with Crippen LogP contribution in [0.1, 0.15) is 5.56 Å². The van der Waals surface area contributed by atoms with E-state index in [1.54, 1.807) is 7.11 Å². The Labute approximate surface area is 110 Å². The van der Waals surface area contributed by atoms with Crippen LogP contribution in [0.25, 0.3) is 0 Å². The van der Waals surface area contributed by atoms with Crippen LogP contribution in [0.15, 0.2) is 18.2 Å². The SMILES string of the molecule is COc1ccc(N(C)CN2CCNCC2)cc1C. The average molecular weight is 249 g/mol. The molecular formula is C14H23N3O. The molecular weight excluding hydrogens is 226 g/mol. The molecule has 2 rings (SSSR count). The number of methoxy groups -OCH3 is 1. The number of hydrogen-bond acceptors (Lipinski definition) is 4. The molecule has 0 spiro atoms. The molecule has 1 aromatic carbocycles. The van der Waals surface area contributed by atoms with Gasteiger partial charge in [0.25, 0.3) is 0 Å². The van der Waals surface area contributed by atoms with Crippen molar-refractivity contribution in [2.45, 2.75) is 6.92 Å². The van der Waals surface area contributed by atoms with Crippen molar-refractivity contribution in [2.75, 3.05) is 51.9 Å². The first-order chi connectivity index (χ1) is 8.70. The van der Waals surface area contributed by atoms with Crippen molar-refractivity contribution in [3.05, 3.63) is 23.8 Å². The summed E-state index contributed by atoms with van der Waals surface area (Å²) in [6.45, 7) is 7.50. The third kappa shape index (κ3) is 3.15. The summed E-state index contributed by atoms with van der Waals surface area (Å²) in [5, 5.41) is 3.38. The van der Waals surface area contributed by atoms with Crippen molar-refractivity contribution in [3.63, 3.8) is 0 Å². The summed E-state index contributed by atoms with van der Waals surface area (Å²) in [5.74, 6) is 0.953. The number of nitrogens with one attached hydrogen (secondary N) is 1. The summed E-state index contributed by atoms with van der Waals surface area (Å²) in [7, 11) is 3.86. The number of hydrogen-bond donors (Lipinski definition) is 1. The Hall–Kier alpha value is -1.26. The molecule has 1 heterocycles. The highest BCUT2D eigenvalue weighted by molar-refractivity contribution is 5.52. The Bertz CT molecular complexity index is 389. The van der Waals surface area contributed by atoms with Gasteiger partial charge in [0.2, 0.25) is 0 Å². The largest absolute Gasteiger partial charge is 0.496 e. The van der Waals surface area contributed by atoms with Gasteiger partial charge in [-0.2, -0.15) is 0 Å². The van der Waals surface area contributed by atoms with Gasteiger partial charge in [-0.05, 0) is 30.7 Å². The van der Waals surface area contributed by atoms with E-state index in [2.05, 4.69) is 41.2 Å². The average Bonchev–Trinajstić information content (AvgIpc) is 2.39. The van der Waals surface area contributed by atoms with Crippen LogP contribution < -0.4 is 15.0 Å². The van der Waals surface area contributed by atoms with Crippen LogP contribution in [0.5, 0.6) is 5.75 Å². The van der Waals surface area contributed by atoms with E-state index in [1.165, 1.54) is 11.3 Å². The molecule has 0 aliphatic carbocycles. The molecule has 1 N–H and O–H groups in total. The van der Waals surface area contributed by atoms with Gasteiger partial charge in [0, 0.05) is 38.9 Å². The third-order valence-electron chi connectivity index (χ3n) is 3.44. The Kier molecular flexibility index (Phi) is 4.44. The predicted molar refractivity (Wildman–Crippen MR) is 75.4 cm³/mol. The minimum Gasteiger partial charge on any atom is -0.496 e. The van der Waals surface area contributed by atoms with E-state index in [-0.39, 0.29) is 0 Å². The summed E-state index contributed by atoms with van der Waals surface area (Å²) in [6.07, 6.45) is 0. The Morgan fingerprint density at radius 3 is 2.67 bits per heavy atom. The van der Waals surface area contributed by atoms with Crippen molar-refractivity contribution in [1.82, 2.24) is 10.2 Å². The van der Waals surface area contributed by atoms with Crippen molar-refractivity contribution < 1.29 is 4.74 Å². The lowest BCUT2D eigenvalue weighted by molar-refractivity contribution is 0.243. The van der Waals surface area contributed by atoms with E-state index in [0.717, 1.165) is 38.6 Å². The van der Waals surface area contributed by atoms with Crippen LogP contribution in [0.2, 0.25) is 0 Å². The molecule has 4 heteroatoms. The van der Waals surface area contributed by atoms with Crippen LogP contribution in [0, 0.1) is 6.92 Å². The maximum atomic E-state index is 5.29. The first-order valence-electron chi connectivity index (χ1n) is 6.49. The van der Waals surface area contributed by atoms with E-state index in [9.17, 15) is 0 Å². The second-order valence-corrected chi connectivity index (χ2v) is 4.86. The highest BCUT2D eigenvalue weighted by Crippen LogP contribution is 2.23. The highest BCUT2D eigenvalue weighted by Gasteiger charge is 2.12. The first-order valence-corrected chi connectivity index (χ1v) is 6.49. The van der Waals surface area contributed by atoms with Gasteiger partial charge in [-0.1, -0.05) is 0 Å². The summed E-state index contributed by atoms with van der Waals surface area (Å²) >= 11 is 0. The number of piperazine rings is 1. The second kappa shape index (κ2) is 6.07. The lowest BCUT2D eigenvalue weighted by Crippen LogP contribution is -2.47. The molecule has 4 nitrogen and oxygen atoms in total. The number of aryl methyl sites for hydroxylation is 1. The van der Waals surface area contributed by atoms with Crippen LogP contribution in [-0.2, 0) is 0 Å². The molecule has 0 radical (unpaired) electrons. The molecule has 0 unspecified atom stereocenters. The number of ether oxygens (including phenoxy) is 1. The van der Waals surface area contributed by atoms with Gasteiger partial charge in [0.15, 0.2) is 0 Å². The predicted octanol–water partition coefficient (Wildman–Crippen LogP) is 1.30. The molecule has 0 saturated carbocycles. The second-order valence-electron chi connectivity index (χ2n) is 4.86. The molecule has 100 valence electrons. The van der Waals surface area contributed by atoms with Crippen LogP contribution in [-0.4, -0.2) is 51.9 Å². The van der Waals surface area contributed by atoms with Gasteiger partial charge in [0.05, 0.1) is 13.8 Å². The molecule has 0 bridgehead atoms. The summed E-state index contributed by atoms with van der Waals surface area (Å²) in [6, 6.07) is 6.34. The third-order valence-corrected chi connectivity index (χ3v) is 3.44. The van der Waals surface area contributed by atoms with Crippen molar-refractivity contribution in [1.29, 1.82) is 0 Å². The quantitative estimate of drug-likeness (QED) is 0.870. The van der Waals surface area contributed by atoms with Crippen molar-refractivity contribution in [3.8, 4) is 5.75 Å². The van der Waals surface area contributed by atoms with Gasteiger partial charge < -0.3 is 15.0 Å². The van der Waals surface area contributed by atoms with Crippen molar-refractivity contribution in [2.24, 2.45) is 0 Å². The van der Waals surface area contributed by atoms with Gasteiger partial charge in [-0.25, -0.2) is 0 Å². The standard InChI is InChI=1S/C14H23N3O/c1-12-10-13(4-5-14(12)18-3)16(2)11-17-8-6-15-7-9-17/h4-5,10,15H,6-9,11H2,1-3H3. The van der Waals surface area contributed by atoms with Crippen LogP contribution in [0.3, 0.4) is 0 Å². The smallest absolute Gasteiger partial charge is 0.121 e. The molecule has 1 aliphatic heterocycles. The fraction of sp³-hybridized carbons (Fsp3) is 0.571. The van der Waals surface area contributed by atoms with Gasteiger partial charge in [0.1, 0.15) is 5.75 Å². The number of rotatable bonds is 4. The molecule has 0 atom stereocenters. The van der Waals surface area contributed by atoms with Gasteiger partial charge in [-0.15, -0.1) is 0 Å². The zero-order chi connectivity index (χ0) is 13.0. The number of benzene rings is 1. The lowest BCUT2D eigenvalue weighted by Gasteiger charge is -2.32. The van der Waals surface area contributed by atoms with Gasteiger partial charge >= 0.3 is 0 Å². The molecule has 1 aromatic rings. The monoisotopic (exact) mass is 249 g/mol. The first kappa shape index (κ1) is 13.2. The Morgan fingerprint density at radius 2 is 2.06 bits per heavy atom. The maximum absolute atomic E-state index is 5.29. The normalized spacial score (nSPS) is 16.6. The highest BCUT2D eigenvalue weighted by atomic mass is 16.5. The fourth-order valence-electron chi connectivity index (χ4n) is 2.33. The topological polar surface area (TPSA) is 27.7 Å². The van der Waals surface area contributed by atoms with Crippen LogP contribution >= 0.6 is 0 Å². The molecule has 0 aromatic heterocycles. The minimum atomic E-state index is 0.953. The Balaban J connectivity index is 1.99. The van der Waals surface area contributed by atoms with E-state index in [4.69, 9.17) is 4.74 Å². The zero-order valence-corrected chi connectivity index (χ0v) is 11.6. The summed E-state index contributed by atoms with van der Waals surface area (Å²) < 4.78 is 5.29. The molecule has 18 heavy (non-hydrogen) atoms. The molecule has 0 amide bonds. The van der Waals surface area contributed by atoms with E-state index in [1.807, 2.05) is 6.07 Å². The number of anilines is 1. The lowest BCUT2D eigenvalue weighted by atomic mass is 10.2. The van der Waals surface area contributed by atoms with Gasteiger partial charge in [-0.3, -0.25) is 4.90 Å². The minimum absolute atomic E-state index is 0.953. The molecule has 1 fully saturated rings. The zero-order valence-electron chi connectivity index (χ0n) is 11.6. The molecule has 1 saturated heterocycles.